The van der Waals surface area contributed by atoms with E-state index in [4.69, 9.17) is 9.84 Å². The SMILES string of the molecule is COc1cc(C2NC(C(=O)O)CS2)cc(I)c1O. The van der Waals surface area contributed by atoms with Crippen molar-refractivity contribution in [3.05, 3.63) is 21.3 Å². The minimum atomic E-state index is -0.842. The molecule has 2 unspecified atom stereocenters. The second-order valence-corrected chi connectivity index (χ2v) is 6.12. The number of phenolic OH excluding ortho intramolecular Hbond substituents is 1. The Labute approximate surface area is 122 Å². The van der Waals surface area contributed by atoms with Gasteiger partial charge in [-0.05, 0) is 40.3 Å². The standard InChI is InChI=1S/C11H12INO4S/c1-17-8-3-5(2-6(12)9(8)14)10-13-7(4-18-10)11(15)16/h2-3,7,10,13-14H,4H2,1H3,(H,15,16). The van der Waals surface area contributed by atoms with E-state index in [0.29, 0.717) is 15.1 Å². The quantitative estimate of drug-likeness (QED) is 0.694. The highest BCUT2D eigenvalue weighted by atomic mass is 127. The van der Waals surface area contributed by atoms with Gasteiger partial charge in [0.15, 0.2) is 11.5 Å². The first kappa shape index (κ1) is 13.8. The second-order valence-electron chi connectivity index (χ2n) is 3.82. The number of thioether (sulfide) groups is 1. The number of carboxylic acid groups (broad SMARTS) is 1. The number of methoxy groups -OCH3 is 1. The van der Waals surface area contributed by atoms with Crippen LogP contribution in [0.3, 0.4) is 0 Å². The topological polar surface area (TPSA) is 78.8 Å². The fraction of sp³-hybridized carbons (Fsp3) is 0.364. The van der Waals surface area contributed by atoms with Crippen LogP contribution in [0.2, 0.25) is 0 Å². The van der Waals surface area contributed by atoms with Gasteiger partial charge < -0.3 is 14.9 Å². The maximum Gasteiger partial charge on any atom is 0.321 e. The lowest BCUT2D eigenvalue weighted by atomic mass is 10.2. The zero-order valence-electron chi connectivity index (χ0n) is 9.51. The van der Waals surface area contributed by atoms with Gasteiger partial charge in [0.2, 0.25) is 0 Å². The van der Waals surface area contributed by atoms with Crippen LogP contribution in [0, 0.1) is 3.57 Å². The van der Waals surface area contributed by atoms with Crippen LogP contribution in [0.25, 0.3) is 0 Å². The molecule has 1 aliphatic heterocycles. The second kappa shape index (κ2) is 5.54. The van der Waals surface area contributed by atoms with E-state index in [1.165, 1.54) is 18.9 Å². The summed E-state index contributed by atoms with van der Waals surface area (Å²) in [6, 6.07) is 3.03. The van der Waals surface area contributed by atoms with Gasteiger partial charge in [-0.15, -0.1) is 11.8 Å². The molecule has 0 aromatic heterocycles. The number of halogens is 1. The minimum Gasteiger partial charge on any atom is -0.504 e. The Kier molecular flexibility index (Phi) is 4.23. The van der Waals surface area contributed by atoms with Crippen molar-refractivity contribution in [2.75, 3.05) is 12.9 Å². The van der Waals surface area contributed by atoms with Gasteiger partial charge in [-0.2, -0.15) is 0 Å². The van der Waals surface area contributed by atoms with E-state index in [1.54, 1.807) is 6.07 Å². The van der Waals surface area contributed by atoms with Crippen molar-refractivity contribution in [1.29, 1.82) is 0 Å². The van der Waals surface area contributed by atoms with Crippen LogP contribution >= 0.6 is 34.4 Å². The van der Waals surface area contributed by atoms with Crippen LogP contribution in [-0.2, 0) is 4.79 Å². The summed E-state index contributed by atoms with van der Waals surface area (Å²) in [6.45, 7) is 0. The van der Waals surface area contributed by atoms with Crippen LogP contribution in [0.4, 0.5) is 0 Å². The van der Waals surface area contributed by atoms with E-state index in [2.05, 4.69) is 5.32 Å². The molecule has 98 valence electrons. The first-order valence-electron chi connectivity index (χ1n) is 5.19. The molecule has 5 nitrogen and oxygen atoms in total. The Bertz CT molecular complexity index is 482. The zero-order valence-corrected chi connectivity index (χ0v) is 12.5. The third kappa shape index (κ3) is 2.67. The molecule has 2 rings (SSSR count). The molecule has 0 saturated carbocycles. The molecular weight excluding hydrogens is 369 g/mol. The van der Waals surface area contributed by atoms with Crippen LogP contribution in [0.1, 0.15) is 10.9 Å². The summed E-state index contributed by atoms with van der Waals surface area (Å²) < 4.78 is 5.78. The number of phenols is 1. The number of aromatic hydroxyl groups is 1. The van der Waals surface area contributed by atoms with Crippen molar-refractivity contribution in [3.8, 4) is 11.5 Å². The number of carbonyl (C=O) groups is 1. The molecule has 7 heteroatoms. The Morgan fingerprint density at radius 1 is 1.61 bits per heavy atom. The van der Waals surface area contributed by atoms with Crippen LogP contribution < -0.4 is 10.1 Å². The molecule has 0 amide bonds. The minimum absolute atomic E-state index is 0.0888. The number of hydrogen-bond donors (Lipinski definition) is 3. The Hall–Kier alpha value is -0.670. The Morgan fingerprint density at radius 2 is 2.33 bits per heavy atom. The largest absolute Gasteiger partial charge is 0.504 e. The van der Waals surface area contributed by atoms with Crippen molar-refractivity contribution in [2.45, 2.75) is 11.4 Å². The fourth-order valence-corrected chi connectivity index (χ4v) is 3.55. The van der Waals surface area contributed by atoms with E-state index in [0.717, 1.165) is 5.56 Å². The molecule has 1 aromatic rings. The summed E-state index contributed by atoms with van der Waals surface area (Å²) in [7, 11) is 1.49. The average Bonchev–Trinajstić information content (AvgIpc) is 2.82. The Balaban J connectivity index is 2.25. The number of nitrogens with one attached hydrogen (secondary N) is 1. The van der Waals surface area contributed by atoms with Crippen molar-refractivity contribution in [2.24, 2.45) is 0 Å². The number of hydrogen-bond acceptors (Lipinski definition) is 5. The van der Waals surface area contributed by atoms with Gasteiger partial charge in [0, 0.05) is 5.75 Å². The molecule has 1 aromatic carbocycles. The molecule has 3 N–H and O–H groups in total. The van der Waals surface area contributed by atoms with Gasteiger partial charge in [0.1, 0.15) is 6.04 Å². The van der Waals surface area contributed by atoms with E-state index >= 15 is 0 Å². The summed E-state index contributed by atoms with van der Waals surface area (Å²) in [5, 5.41) is 21.6. The molecule has 0 spiro atoms. The summed E-state index contributed by atoms with van der Waals surface area (Å²) in [6.07, 6.45) is 0. The highest BCUT2D eigenvalue weighted by molar-refractivity contribution is 14.1. The van der Waals surface area contributed by atoms with E-state index in [1.807, 2.05) is 28.7 Å². The van der Waals surface area contributed by atoms with Gasteiger partial charge in [0.05, 0.1) is 16.1 Å². The summed E-state index contributed by atoms with van der Waals surface area (Å²) in [5.74, 6) is 0.197. The van der Waals surface area contributed by atoms with Gasteiger partial charge >= 0.3 is 5.97 Å². The maximum absolute atomic E-state index is 10.9. The van der Waals surface area contributed by atoms with Crippen molar-refractivity contribution >= 4 is 40.3 Å². The van der Waals surface area contributed by atoms with Crippen molar-refractivity contribution in [3.63, 3.8) is 0 Å². The molecule has 0 radical (unpaired) electrons. The monoisotopic (exact) mass is 381 g/mol. The molecule has 1 fully saturated rings. The number of benzene rings is 1. The first-order chi connectivity index (χ1) is 8.52. The van der Waals surface area contributed by atoms with E-state index in [9.17, 15) is 9.90 Å². The average molecular weight is 381 g/mol. The van der Waals surface area contributed by atoms with Crippen molar-refractivity contribution in [1.82, 2.24) is 5.32 Å². The number of carboxylic acids is 1. The van der Waals surface area contributed by atoms with Crippen molar-refractivity contribution < 1.29 is 19.7 Å². The molecule has 1 heterocycles. The van der Waals surface area contributed by atoms with Gasteiger partial charge in [-0.25, -0.2) is 0 Å². The molecule has 1 aliphatic rings. The highest BCUT2D eigenvalue weighted by Crippen LogP contribution is 2.39. The first-order valence-corrected chi connectivity index (χ1v) is 7.32. The molecule has 0 aliphatic carbocycles. The van der Waals surface area contributed by atoms with Gasteiger partial charge in [-0.3, -0.25) is 10.1 Å². The Morgan fingerprint density at radius 3 is 2.89 bits per heavy atom. The smallest absolute Gasteiger partial charge is 0.321 e. The molecule has 1 saturated heterocycles. The molecule has 2 atom stereocenters. The predicted octanol–water partition coefficient (Wildman–Crippen LogP) is 1.79. The van der Waals surface area contributed by atoms with Gasteiger partial charge in [0.25, 0.3) is 0 Å². The van der Waals surface area contributed by atoms with E-state index in [-0.39, 0.29) is 11.1 Å². The van der Waals surface area contributed by atoms with E-state index < -0.39 is 12.0 Å². The number of rotatable bonds is 3. The molecule has 18 heavy (non-hydrogen) atoms. The lowest BCUT2D eigenvalue weighted by molar-refractivity contribution is -0.138. The summed E-state index contributed by atoms with van der Waals surface area (Å²) in [5.41, 5.74) is 0.905. The lowest BCUT2D eigenvalue weighted by Gasteiger charge is -2.14. The number of aliphatic carboxylic acids is 1. The third-order valence-corrected chi connectivity index (χ3v) is 4.74. The van der Waals surface area contributed by atoms with Gasteiger partial charge in [-0.1, -0.05) is 0 Å². The molecular formula is C11H12INO4S. The van der Waals surface area contributed by atoms with Crippen LogP contribution in [0.5, 0.6) is 11.5 Å². The fourth-order valence-electron chi connectivity index (χ4n) is 1.71. The van der Waals surface area contributed by atoms with Crippen LogP contribution in [-0.4, -0.2) is 35.1 Å². The predicted molar refractivity (Wildman–Crippen MR) is 77.1 cm³/mol. The summed E-state index contributed by atoms with van der Waals surface area (Å²) >= 11 is 3.55. The highest BCUT2D eigenvalue weighted by Gasteiger charge is 2.31. The number of ether oxygens (including phenoxy) is 1. The summed E-state index contributed by atoms with van der Waals surface area (Å²) in [4.78, 5) is 10.9. The lowest BCUT2D eigenvalue weighted by Crippen LogP contribution is -2.33. The third-order valence-electron chi connectivity index (χ3n) is 2.65. The normalized spacial score (nSPS) is 23.0. The van der Waals surface area contributed by atoms with Crippen LogP contribution in [0.15, 0.2) is 12.1 Å². The zero-order chi connectivity index (χ0) is 13.3. The maximum atomic E-state index is 10.9. The molecule has 0 bridgehead atoms.